The third-order valence-electron chi connectivity index (χ3n) is 5.08. The van der Waals surface area contributed by atoms with E-state index in [2.05, 4.69) is 10.6 Å². The summed E-state index contributed by atoms with van der Waals surface area (Å²) in [4.78, 5) is 37.5. The maximum atomic E-state index is 12.4. The molecule has 1 aliphatic carbocycles. The molecule has 2 aliphatic heterocycles. The van der Waals surface area contributed by atoms with Crippen LogP contribution in [-0.2, 0) is 14.4 Å². The molecular formula is C16H17N3O4S. The van der Waals surface area contributed by atoms with Gasteiger partial charge in [0.2, 0.25) is 11.8 Å². The number of hydrogen-bond acceptors (Lipinski definition) is 5. The van der Waals surface area contributed by atoms with E-state index in [-0.39, 0.29) is 23.7 Å². The number of carbonyl (C=O) groups is 3. The van der Waals surface area contributed by atoms with E-state index in [9.17, 15) is 19.5 Å². The summed E-state index contributed by atoms with van der Waals surface area (Å²) in [7, 11) is 0. The van der Waals surface area contributed by atoms with E-state index >= 15 is 0 Å². The van der Waals surface area contributed by atoms with Crippen LogP contribution >= 0.6 is 11.8 Å². The minimum absolute atomic E-state index is 0.0620. The third kappa shape index (κ3) is 1.89. The Bertz CT molecular complexity index is 742. The van der Waals surface area contributed by atoms with Gasteiger partial charge in [0.15, 0.2) is 5.54 Å². The maximum absolute atomic E-state index is 12.4. The number of thioether (sulfide) groups is 1. The van der Waals surface area contributed by atoms with Gasteiger partial charge in [-0.25, -0.2) is 4.79 Å². The number of amides is 2. The molecule has 24 heavy (non-hydrogen) atoms. The molecule has 0 radical (unpaired) electrons. The average molecular weight is 347 g/mol. The number of nitrogens with zero attached hydrogens (tertiary/aromatic N) is 1. The molecule has 0 spiro atoms. The molecule has 2 heterocycles. The van der Waals surface area contributed by atoms with Gasteiger partial charge in [0.25, 0.3) is 0 Å². The molecule has 4 rings (SSSR count). The topological polar surface area (TPSA) is 98.7 Å². The van der Waals surface area contributed by atoms with Crippen molar-refractivity contribution in [3.63, 3.8) is 0 Å². The van der Waals surface area contributed by atoms with Gasteiger partial charge >= 0.3 is 5.97 Å². The number of anilines is 1. The SMILES string of the molecule is CC12CC1(C(=O)O)N1C(=O)C(NC(=O)CNc3ccccc3)[C@H]1S2. The standard InChI is InChI=1S/C16H17N3O4S/c1-15-8-16(15,14(22)23)19-12(21)11(13(19)24-15)18-10(20)7-17-9-5-3-2-4-6-9/h2-6,11,13,17H,7-8H2,1H3,(H,18,20)(H,22,23)/t11?,13-,15?,16?/m1/s1. The first-order valence-corrected chi connectivity index (χ1v) is 8.60. The molecule has 8 heteroatoms. The summed E-state index contributed by atoms with van der Waals surface area (Å²) in [6, 6.07) is 8.67. The molecule has 3 fully saturated rings. The third-order valence-corrected chi connectivity index (χ3v) is 6.80. The van der Waals surface area contributed by atoms with Gasteiger partial charge in [-0.2, -0.15) is 0 Å². The van der Waals surface area contributed by atoms with Gasteiger partial charge < -0.3 is 20.6 Å². The summed E-state index contributed by atoms with van der Waals surface area (Å²) < 4.78 is -0.444. The predicted octanol–water partition coefficient (Wildman–Crippen LogP) is 0.484. The second kappa shape index (κ2) is 4.89. The lowest BCUT2D eigenvalue weighted by atomic mass is 10.0. The van der Waals surface area contributed by atoms with Crippen LogP contribution < -0.4 is 10.6 Å². The molecular weight excluding hydrogens is 330 g/mol. The van der Waals surface area contributed by atoms with Crippen LogP contribution in [0, 0.1) is 0 Å². The fraction of sp³-hybridized carbons (Fsp3) is 0.438. The molecule has 4 atom stereocenters. The Labute approximate surface area is 142 Å². The number of carbonyl (C=O) groups excluding carboxylic acids is 2. The molecule has 1 saturated carbocycles. The van der Waals surface area contributed by atoms with E-state index < -0.39 is 22.3 Å². The molecule has 126 valence electrons. The first-order chi connectivity index (χ1) is 11.4. The fourth-order valence-electron chi connectivity index (χ4n) is 3.68. The molecule has 0 aromatic heterocycles. The fourth-order valence-corrected chi connectivity index (χ4v) is 5.60. The zero-order valence-corrected chi connectivity index (χ0v) is 13.8. The molecule has 2 amide bonds. The summed E-state index contributed by atoms with van der Waals surface area (Å²) in [5.41, 5.74) is -0.258. The number of β-lactam (4-membered cyclic amide) rings is 1. The lowest BCUT2D eigenvalue weighted by molar-refractivity contribution is -0.163. The molecule has 7 nitrogen and oxygen atoms in total. The van der Waals surface area contributed by atoms with Crippen LogP contribution in [0.15, 0.2) is 30.3 Å². The number of aliphatic carboxylic acids is 1. The number of carboxylic acid groups (broad SMARTS) is 1. The van der Waals surface area contributed by atoms with E-state index in [0.717, 1.165) is 5.69 Å². The van der Waals surface area contributed by atoms with E-state index in [0.29, 0.717) is 6.42 Å². The summed E-state index contributed by atoms with van der Waals surface area (Å²) in [5.74, 6) is -1.54. The predicted molar refractivity (Wildman–Crippen MR) is 88.5 cm³/mol. The van der Waals surface area contributed by atoms with Crippen LogP contribution in [0.3, 0.4) is 0 Å². The van der Waals surface area contributed by atoms with Crippen LogP contribution in [0.2, 0.25) is 0 Å². The van der Waals surface area contributed by atoms with Crippen LogP contribution in [0.4, 0.5) is 5.69 Å². The summed E-state index contributed by atoms with van der Waals surface area (Å²) in [6.45, 7) is 1.93. The number of nitrogens with one attached hydrogen (secondary N) is 2. The Kier molecular flexibility index (Phi) is 3.12. The highest BCUT2D eigenvalue weighted by Gasteiger charge is 2.85. The summed E-state index contributed by atoms with van der Waals surface area (Å²) >= 11 is 1.48. The highest BCUT2D eigenvalue weighted by Crippen LogP contribution is 2.71. The second-order valence-electron chi connectivity index (χ2n) is 6.55. The Morgan fingerprint density at radius 2 is 2.08 bits per heavy atom. The maximum Gasteiger partial charge on any atom is 0.331 e. The minimum Gasteiger partial charge on any atom is -0.479 e. The lowest BCUT2D eigenvalue weighted by Crippen LogP contribution is -2.72. The van der Waals surface area contributed by atoms with Crippen molar-refractivity contribution < 1.29 is 19.5 Å². The quantitative estimate of drug-likeness (QED) is 0.671. The molecule has 2 saturated heterocycles. The second-order valence-corrected chi connectivity index (χ2v) is 8.17. The van der Waals surface area contributed by atoms with Crippen molar-refractivity contribution in [1.29, 1.82) is 0 Å². The smallest absolute Gasteiger partial charge is 0.331 e. The number of fused-ring (bicyclic) bond motifs is 3. The van der Waals surface area contributed by atoms with Gasteiger partial charge in [-0.1, -0.05) is 18.2 Å². The van der Waals surface area contributed by atoms with E-state index in [1.54, 1.807) is 0 Å². The van der Waals surface area contributed by atoms with Crippen molar-refractivity contribution in [3.05, 3.63) is 30.3 Å². The van der Waals surface area contributed by atoms with Crippen molar-refractivity contribution in [2.75, 3.05) is 11.9 Å². The van der Waals surface area contributed by atoms with Crippen molar-refractivity contribution in [3.8, 4) is 0 Å². The van der Waals surface area contributed by atoms with Crippen LogP contribution in [0.1, 0.15) is 13.3 Å². The molecule has 1 aromatic carbocycles. The van der Waals surface area contributed by atoms with Crippen molar-refractivity contribution in [2.24, 2.45) is 0 Å². The lowest BCUT2D eigenvalue weighted by Gasteiger charge is -2.45. The monoisotopic (exact) mass is 347 g/mol. The van der Waals surface area contributed by atoms with Crippen LogP contribution in [-0.4, -0.2) is 56.0 Å². The normalized spacial score (nSPS) is 35.5. The summed E-state index contributed by atoms with van der Waals surface area (Å²) in [6.07, 6.45) is 0.471. The molecule has 3 N–H and O–H groups in total. The van der Waals surface area contributed by atoms with Crippen molar-refractivity contribution in [2.45, 2.75) is 35.0 Å². The Balaban J connectivity index is 1.37. The van der Waals surface area contributed by atoms with Gasteiger partial charge in [-0.05, 0) is 19.1 Å². The number of hydrogen-bond donors (Lipinski definition) is 3. The molecule has 0 bridgehead atoms. The minimum atomic E-state index is -1.08. The Morgan fingerprint density at radius 1 is 1.38 bits per heavy atom. The van der Waals surface area contributed by atoms with E-state index in [4.69, 9.17) is 0 Å². The number of benzene rings is 1. The zero-order valence-electron chi connectivity index (χ0n) is 13.0. The van der Waals surface area contributed by atoms with Gasteiger partial charge in [-0.15, -0.1) is 11.8 Å². The molecule has 1 aromatic rings. The first-order valence-electron chi connectivity index (χ1n) is 7.72. The van der Waals surface area contributed by atoms with Crippen LogP contribution in [0.25, 0.3) is 0 Å². The molecule has 3 unspecified atom stereocenters. The van der Waals surface area contributed by atoms with Gasteiger partial charge in [-0.3, -0.25) is 9.59 Å². The zero-order chi connectivity index (χ0) is 17.1. The van der Waals surface area contributed by atoms with Gasteiger partial charge in [0.05, 0.1) is 11.3 Å². The van der Waals surface area contributed by atoms with E-state index in [1.165, 1.54) is 16.7 Å². The number of rotatable bonds is 5. The molecule has 3 aliphatic rings. The highest BCUT2D eigenvalue weighted by atomic mass is 32.2. The van der Waals surface area contributed by atoms with Crippen LogP contribution in [0.5, 0.6) is 0 Å². The largest absolute Gasteiger partial charge is 0.479 e. The first kappa shape index (κ1) is 15.3. The summed E-state index contributed by atoms with van der Waals surface area (Å²) in [5, 5.41) is 14.9. The van der Waals surface area contributed by atoms with Gasteiger partial charge in [0.1, 0.15) is 11.4 Å². The van der Waals surface area contributed by atoms with Gasteiger partial charge in [0, 0.05) is 12.1 Å². The van der Waals surface area contributed by atoms with E-state index in [1.807, 2.05) is 37.3 Å². The Hall–Kier alpha value is -2.22. The highest BCUT2D eigenvalue weighted by molar-refractivity contribution is 8.02. The number of carboxylic acids is 1. The van der Waals surface area contributed by atoms with Crippen molar-refractivity contribution >= 4 is 35.2 Å². The Morgan fingerprint density at radius 3 is 2.75 bits per heavy atom. The van der Waals surface area contributed by atoms with Crippen molar-refractivity contribution in [1.82, 2.24) is 10.2 Å². The average Bonchev–Trinajstić information content (AvgIpc) is 3.10. The number of para-hydroxylation sites is 1.